The lowest BCUT2D eigenvalue weighted by atomic mass is 10.5. The lowest BCUT2D eigenvalue weighted by molar-refractivity contribution is 0.216. The van der Waals surface area contributed by atoms with Gasteiger partial charge in [0.15, 0.2) is 0 Å². The van der Waals surface area contributed by atoms with Gasteiger partial charge in [0.25, 0.3) is 0 Å². The molecule has 0 heterocycles. The summed E-state index contributed by atoms with van der Waals surface area (Å²) >= 11 is 0. The summed E-state index contributed by atoms with van der Waals surface area (Å²) in [6.45, 7) is 9.83. The molecule has 0 bridgehead atoms. The lowest BCUT2D eigenvalue weighted by Crippen LogP contribution is -2.09. The van der Waals surface area contributed by atoms with Crippen LogP contribution in [-0.4, -0.2) is 24.3 Å². The minimum Gasteiger partial charge on any atom is -0.394 e. The normalized spacial score (nSPS) is 7.80. The minimum atomic E-state index is -0.167. The third kappa shape index (κ3) is 79.9. The molecule has 0 aliphatic carbocycles. The fourth-order valence-corrected chi connectivity index (χ4v) is 0.250. The van der Waals surface area contributed by atoms with Crippen LogP contribution in [0.4, 0.5) is 0 Å². The van der Waals surface area contributed by atoms with Gasteiger partial charge in [-0.05, 0) is 26.9 Å². The van der Waals surface area contributed by atoms with Gasteiger partial charge in [0, 0.05) is 6.10 Å². The van der Waals surface area contributed by atoms with Gasteiger partial charge in [-0.3, -0.25) is 0 Å². The van der Waals surface area contributed by atoms with Gasteiger partial charge in [-0.25, -0.2) is 0 Å². The van der Waals surface area contributed by atoms with Crippen LogP contribution in [0.5, 0.6) is 0 Å². The minimum absolute atomic E-state index is 0. The first-order valence-corrected chi connectivity index (χ1v) is 3.53. The Morgan fingerprint density at radius 3 is 1.40 bits per heavy atom. The van der Waals surface area contributed by atoms with Crippen LogP contribution in [0.15, 0.2) is 0 Å². The monoisotopic (exact) mass is 213 g/mol. The van der Waals surface area contributed by atoms with Crippen LogP contribution in [0, 0.1) is 0 Å². The van der Waals surface area contributed by atoms with E-state index in [1.54, 1.807) is 13.8 Å². The lowest BCUT2D eigenvalue weighted by Gasteiger charge is -1.86. The number of hydrogen-bond acceptors (Lipinski definition) is 2. The maximum atomic E-state index is 8.06. The quantitative estimate of drug-likeness (QED) is 0.731. The molecular formula is C7H20BrNO. The molecule has 66 valence electrons. The second kappa shape index (κ2) is 16.2. The molecule has 0 aromatic carbocycles. The highest BCUT2D eigenvalue weighted by Crippen LogP contribution is 1.65. The molecule has 0 rings (SSSR count). The van der Waals surface area contributed by atoms with Gasteiger partial charge in [0.1, 0.15) is 0 Å². The van der Waals surface area contributed by atoms with E-state index in [9.17, 15) is 0 Å². The smallest absolute Gasteiger partial charge is 0.0483 e. The van der Waals surface area contributed by atoms with Gasteiger partial charge in [-0.2, -0.15) is 0 Å². The van der Waals surface area contributed by atoms with Crippen LogP contribution >= 0.6 is 17.0 Å². The summed E-state index contributed by atoms with van der Waals surface area (Å²) in [5.74, 6) is 0. The maximum absolute atomic E-state index is 8.06. The zero-order valence-corrected chi connectivity index (χ0v) is 9.06. The van der Waals surface area contributed by atoms with Gasteiger partial charge >= 0.3 is 0 Å². The highest BCUT2D eigenvalue weighted by molar-refractivity contribution is 8.93. The van der Waals surface area contributed by atoms with Crippen molar-refractivity contribution in [3.05, 3.63) is 0 Å². The van der Waals surface area contributed by atoms with E-state index in [2.05, 4.69) is 19.2 Å². The first-order valence-electron chi connectivity index (χ1n) is 3.53. The first-order chi connectivity index (χ1) is 4.15. The van der Waals surface area contributed by atoms with Gasteiger partial charge in [0.2, 0.25) is 0 Å². The Kier molecular flexibility index (Phi) is 27.2. The van der Waals surface area contributed by atoms with Crippen molar-refractivity contribution < 1.29 is 5.11 Å². The Morgan fingerprint density at radius 1 is 1.20 bits per heavy atom. The second-order valence-corrected chi connectivity index (χ2v) is 2.05. The van der Waals surface area contributed by atoms with Crippen molar-refractivity contribution in [2.45, 2.75) is 33.8 Å². The zero-order chi connectivity index (χ0) is 7.70. The van der Waals surface area contributed by atoms with E-state index >= 15 is 0 Å². The average molecular weight is 214 g/mol. The number of hydrogen-bond donors (Lipinski definition) is 2. The summed E-state index contributed by atoms with van der Waals surface area (Å²) in [4.78, 5) is 0. The molecule has 0 aromatic heterocycles. The highest BCUT2D eigenvalue weighted by atomic mass is 79.9. The predicted octanol–water partition coefficient (Wildman–Crippen LogP) is 1.58. The van der Waals surface area contributed by atoms with Gasteiger partial charge in [-0.1, -0.05) is 13.8 Å². The van der Waals surface area contributed by atoms with Crippen molar-refractivity contribution in [1.29, 1.82) is 0 Å². The maximum Gasteiger partial charge on any atom is 0.0483 e. The molecule has 0 aliphatic heterocycles. The molecule has 0 fully saturated rings. The molecule has 0 aliphatic rings. The number of rotatable bonds is 2. The average Bonchev–Trinajstić information content (AvgIpc) is 1.66. The van der Waals surface area contributed by atoms with Crippen molar-refractivity contribution in [2.75, 3.05) is 13.1 Å². The van der Waals surface area contributed by atoms with Gasteiger partial charge in [-0.15, -0.1) is 17.0 Å². The van der Waals surface area contributed by atoms with Gasteiger partial charge < -0.3 is 10.4 Å². The third-order valence-electron chi connectivity index (χ3n) is 0.500. The van der Waals surface area contributed by atoms with Crippen molar-refractivity contribution >= 4 is 17.0 Å². The van der Waals surface area contributed by atoms with Crippen LogP contribution in [0.25, 0.3) is 0 Å². The van der Waals surface area contributed by atoms with Crippen molar-refractivity contribution in [1.82, 2.24) is 5.32 Å². The Hall–Kier alpha value is 0.400. The third-order valence-corrected chi connectivity index (χ3v) is 0.500. The zero-order valence-electron chi connectivity index (χ0n) is 7.35. The second-order valence-electron chi connectivity index (χ2n) is 2.05. The summed E-state index contributed by atoms with van der Waals surface area (Å²) in [6.07, 6.45) is -0.167. The molecule has 10 heavy (non-hydrogen) atoms. The molecule has 0 saturated heterocycles. The molecule has 3 heteroatoms. The Morgan fingerprint density at radius 2 is 1.40 bits per heavy atom. The van der Waals surface area contributed by atoms with E-state index in [0.717, 1.165) is 13.1 Å². The molecule has 2 nitrogen and oxygen atoms in total. The van der Waals surface area contributed by atoms with Crippen LogP contribution in [0.3, 0.4) is 0 Å². The van der Waals surface area contributed by atoms with Crippen molar-refractivity contribution in [3.8, 4) is 0 Å². The summed E-state index contributed by atoms with van der Waals surface area (Å²) in [6, 6.07) is 0. The molecule has 0 unspecified atom stereocenters. The predicted molar refractivity (Wildman–Crippen MR) is 51.9 cm³/mol. The van der Waals surface area contributed by atoms with E-state index < -0.39 is 0 Å². The van der Waals surface area contributed by atoms with E-state index in [0.29, 0.717) is 0 Å². The van der Waals surface area contributed by atoms with Crippen LogP contribution < -0.4 is 5.32 Å². The number of aliphatic hydroxyl groups excluding tert-OH is 1. The fraction of sp³-hybridized carbons (Fsp3) is 1.00. The van der Waals surface area contributed by atoms with Crippen LogP contribution in [0.1, 0.15) is 27.7 Å². The fourth-order valence-electron chi connectivity index (χ4n) is 0.250. The Balaban J connectivity index is -0.0000000910. The number of aliphatic hydroxyl groups is 1. The van der Waals surface area contributed by atoms with E-state index in [-0.39, 0.29) is 23.1 Å². The molecule has 0 amide bonds. The summed E-state index contributed by atoms with van der Waals surface area (Å²) < 4.78 is 0. The topological polar surface area (TPSA) is 32.3 Å². The molecule has 0 aromatic rings. The number of halogens is 1. The summed E-state index contributed by atoms with van der Waals surface area (Å²) in [7, 11) is 0. The highest BCUT2D eigenvalue weighted by Gasteiger charge is 1.69. The SMILES string of the molecule is Br.CC(C)O.CCNCC. The van der Waals surface area contributed by atoms with Gasteiger partial charge in [0.05, 0.1) is 0 Å². The molecule has 0 spiro atoms. The molecular weight excluding hydrogens is 194 g/mol. The standard InChI is InChI=1S/C4H11N.C3H8O.BrH/c1-3-5-4-2;1-3(2)4;/h5H,3-4H2,1-2H3;3-4H,1-2H3;1H. The first kappa shape index (κ1) is 16.8. The molecule has 2 N–H and O–H groups in total. The van der Waals surface area contributed by atoms with Crippen molar-refractivity contribution in [3.63, 3.8) is 0 Å². The van der Waals surface area contributed by atoms with Crippen LogP contribution in [0.2, 0.25) is 0 Å². The largest absolute Gasteiger partial charge is 0.394 e. The van der Waals surface area contributed by atoms with Crippen LogP contribution in [-0.2, 0) is 0 Å². The molecule has 0 saturated carbocycles. The van der Waals surface area contributed by atoms with Crippen molar-refractivity contribution in [2.24, 2.45) is 0 Å². The number of nitrogens with one attached hydrogen (secondary N) is 1. The molecule has 0 atom stereocenters. The van der Waals surface area contributed by atoms with E-state index in [1.165, 1.54) is 0 Å². The Bertz CT molecular complexity index is 37.8. The Labute approximate surface area is 74.8 Å². The van der Waals surface area contributed by atoms with E-state index in [4.69, 9.17) is 5.11 Å². The summed E-state index contributed by atoms with van der Waals surface area (Å²) in [5, 5.41) is 11.2. The van der Waals surface area contributed by atoms with E-state index in [1.807, 2.05) is 0 Å². The summed E-state index contributed by atoms with van der Waals surface area (Å²) in [5.41, 5.74) is 0. The molecule has 0 radical (unpaired) electrons.